The second kappa shape index (κ2) is 6.85. The van der Waals surface area contributed by atoms with Gasteiger partial charge in [-0.15, -0.1) is 0 Å². The van der Waals surface area contributed by atoms with Crippen molar-refractivity contribution in [2.45, 2.75) is 6.92 Å². The maximum Gasteiger partial charge on any atom is 0.187 e. The highest BCUT2D eigenvalue weighted by molar-refractivity contribution is 6.05. The highest BCUT2D eigenvalue weighted by atomic mass is 19.1. The number of carbonyl (C=O) groups is 1. The van der Waals surface area contributed by atoms with Crippen LogP contribution in [0, 0.1) is 11.6 Å². The predicted octanol–water partition coefficient (Wildman–Crippen LogP) is 4.17. The lowest BCUT2D eigenvalue weighted by molar-refractivity contribution is 0.104. The number of nitrogens with one attached hydrogen (secondary N) is 1. The smallest absolute Gasteiger partial charge is 0.187 e. The third-order valence-corrected chi connectivity index (χ3v) is 2.99. The van der Waals surface area contributed by atoms with Crippen LogP contribution in [-0.2, 0) is 0 Å². The first-order valence-electron chi connectivity index (χ1n) is 6.58. The number of ether oxygens (including phenoxy) is 1. The molecule has 0 aliphatic rings. The van der Waals surface area contributed by atoms with Gasteiger partial charge in [0.15, 0.2) is 5.78 Å². The molecular weight excluding hydrogens is 288 g/mol. The van der Waals surface area contributed by atoms with E-state index in [1.54, 1.807) is 38.3 Å². The molecule has 3 nitrogen and oxygen atoms in total. The minimum Gasteiger partial charge on any atom is -0.497 e. The maximum absolute atomic E-state index is 13.5. The van der Waals surface area contributed by atoms with Gasteiger partial charge in [0.2, 0.25) is 0 Å². The van der Waals surface area contributed by atoms with Crippen LogP contribution in [0.4, 0.5) is 14.5 Å². The molecule has 0 heterocycles. The molecule has 0 saturated carbocycles. The van der Waals surface area contributed by atoms with E-state index in [4.69, 9.17) is 4.74 Å². The van der Waals surface area contributed by atoms with Gasteiger partial charge in [-0.05, 0) is 43.3 Å². The van der Waals surface area contributed by atoms with Crippen molar-refractivity contribution in [3.05, 3.63) is 71.4 Å². The lowest BCUT2D eigenvalue weighted by Crippen LogP contribution is -2.03. The first-order chi connectivity index (χ1) is 10.5. The summed E-state index contributed by atoms with van der Waals surface area (Å²) in [5.74, 6) is -0.942. The molecule has 0 fully saturated rings. The topological polar surface area (TPSA) is 38.3 Å². The molecule has 2 aromatic carbocycles. The minimum absolute atomic E-state index is 0.109. The van der Waals surface area contributed by atoms with Gasteiger partial charge in [-0.1, -0.05) is 0 Å². The molecule has 0 atom stereocenters. The molecule has 2 rings (SSSR count). The van der Waals surface area contributed by atoms with Gasteiger partial charge in [-0.3, -0.25) is 4.79 Å². The van der Waals surface area contributed by atoms with Gasteiger partial charge in [0.25, 0.3) is 0 Å². The fourth-order valence-electron chi connectivity index (χ4n) is 1.87. The molecular formula is C17H15F2NO2. The van der Waals surface area contributed by atoms with Crippen LogP contribution < -0.4 is 10.1 Å². The van der Waals surface area contributed by atoms with E-state index in [1.807, 2.05) is 0 Å². The van der Waals surface area contributed by atoms with Crippen molar-refractivity contribution in [2.24, 2.45) is 0 Å². The van der Waals surface area contributed by atoms with Crippen LogP contribution in [0.2, 0.25) is 0 Å². The van der Waals surface area contributed by atoms with E-state index >= 15 is 0 Å². The Labute approximate surface area is 127 Å². The number of anilines is 1. The van der Waals surface area contributed by atoms with Crippen molar-refractivity contribution in [1.82, 2.24) is 0 Å². The Hall–Kier alpha value is -2.69. The number of allylic oxidation sites excluding steroid dienone is 2. The Bertz CT molecular complexity index is 709. The molecule has 0 saturated heterocycles. The fraction of sp³-hybridized carbons (Fsp3) is 0.118. The molecule has 0 radical (unpaired) electrons. The monoisotopic (exact) mass is 303 g/mol. The molecule has 0 amide bonds. The molecule has 0 spiro atoms. The number of ketones is 1. The molecule has 0 aromatic heterocycles. The average molecular weight is 303 g/mol. The molecule has 0 bridgehead atoms. The van der Waals surface area contributed by atoms with Crippen LogP contribution in [-0.4, -0.2) is 12.9 Å². The predicted molar refractivity (Wildman–Crippen MR) is 81.1 cm³/mol. The fourth-order valence-corrected chi connectivity index (χ4v) is 1.87. The number of hydrogen-bond donors (Lipinski definition) is 1. The van der Waals surface area contributed by atoms with E-state index in [-0.39, 0.29) is 11.5 Å². The lowest BCUT2D eigenvalue weighted by atomic mass is 10.1. The zero-order valence-corrected chi connectivity index (χ0v) is 12.2. The van der Waals surface area contributed by atoms with Crippen molar-refractivity contribution >= 4 is 11.5 Å². The van der Waals surface area contributed by atoms with Gasteiger partial charge >= 0.3 is 0 Å². The first kappa shape index (κ1) is 15.7. The lowest BCUT2D eigenvalue weighted by Gasteiger charge is -2.08. The summed E-state index contributed by atoms with van der Waals surface area (Å²) in [6.07, 6.45) is 1.35. The van der Waals surface area contributed by atoms with Gasteiger partial charge in [0, 0.05) is 23.4 Å². The van der Waals surface area contributed by atoms with E-state index in [1.165, 1.54) is 12.1 Å². The average Bonchev–Trinajstić information content (AvgIpc) is 2.50. The second-order valence-corrected chi connectivity index (χ2v) is 4.67. The standard InChI is InChI=1S/C17H15F2NO2/c1-11(20-16-8-5-13(18)10-15(16)19)9-17(21)12-3-6-14(22-2)7-4-12/h3-10,20H,1-2H3/b11-9+. The number of benzene rings is 2. The summed E-state index contributed by atoms with van der Waals surface area (Å²) in [7, 11) is 1.54. The van der Waals surface area contributed by atoms with Crippen molar-refractivity contribution < 1.29 is 18.3 Å². The highest BCUT2D eigenvalue weighted by Crippen LogP contribution is 2.17. The first-order valence-corrected chi connectivity index (χ1v) is 6.58. The van der Waals surface area contributed by atoms with Gasteiger partial charge in [-0.2, -0.15) is 0 Å². The number of hydrogen-bond acceptors (Lipinski definition) is 3. The van der Waals surface area contributed by atoms with Crippen molar-refractivity contribution in [1.29, 1.82) is 0 Å². The van der Waals surface area contributed by atoms with E-state index < -0.39 is 11.6 Å². The van der Waals surface area contributed by atoms with E-state index in [9.17, 15) is 13.6 Å². The van der Waals surface area contributed by atoms with E-state index in [0.29, 0.717) is 17.0 Å². The van der Waals surface area contributed by atoms with E-state index in [0.717, 1.165) is 12.1 Å². The molecule has 0 unspecified atom stereocenters. The van der Waals surface area contributed by atoms with Crippen LogP contribution in [0.3, 0.4) is 0 Å². The summed E-state index contributed by atoms with van der Waals surface area (Å²) >= 11 is 0. The quantitative estimate of drug-likeness (QED) is 0.665. The number of carbonyl (C=O) groups excluding carboxylic acids is 1. The molecule has 22 heavy (non-hydrogen) atoms. The molecule has 0 aliphatic carbocycles. The Balaban J connectivity index is 2.11. The highest BCUT2D eigenvalue weighted by Gasteiger charge is 2.06. The third-order valence-electron chi connectivity index (χ3n) is 2.99. The number of methoxy groups -OCH3 is 1. The summed E-state index contributed by atoms with van der Waals surface area (Å²) in [5.41, 5.74) is 1.05. The Kier molecular flexibility index (Phi) is 4.88. The molecule has 114 valence electrons. The number of halogens is 2. The SMILES string of the molecule is COc1ccc(C(=O)/C=C(\C)Nc2ccc(F)cc2F)cc1. The van der Waals surface area contributed by atoms with Crippen LogP contribution in [0.5, 0.6) is 5.75 Å². The number of rotatable bonds is 5. The van der Waals surface area contributed by atoms with Crippen LogP contribution in [0.1, 0.15) is 17.3 Å². The normalized spacial score (nSPS) is 11.2. The molecule has 0 aliphatic heterocycles. The van der Waals surface area contributed by atoms with Gasteiger partial charge in [-0.25, -0.2) is 8.78 Å². The zero-order chi connectivity index (χ0) is 16.1. The van der Waals surface area contributed by atoms with Crippen molar-refractivity contribution in [2.75, 3.05) is 12.4 Å². The summed E-state index contributed by atoms with van der Waals surface area (Å²) in [5, 5.41) is 2.73. The summed E-state index contributed by atoms with van der Waals surface area (Å²) < 4.78 is 31.4. The van der Waals surface area contributed by atoms with Gasteiger partial charge in [0.05, 0.1) is 12.8 Å². The largest absolute Gasteiger partial charge is 0.497 e. The third kappa shape index (κ3) is 3.91. The summed E-state index contributed by atoms with van der Waals surface area (Å²) in [6.45, 7) is 1.63. The minimum atomic E-state index is -0.718. The summed E-state index contributed by atoms with van der Waals surface area (Å²) in [6, 6.07) is 9.85. The summed E-state index contributed by atoms with van der Waals surface area (Å²) in [4.78, 5) is 12.1. The molecule has 1 N–H and O–H groups in total. The molecule has 2 aromatic rings. The van der Waals surface area contributed by atoms with E-state index in [2.05, 4.69) is 5.32 Å². The van der Waals surface area contributed by atoms with Crippen molar-refractivity contribution in [3.8, 4) is 5.75 Å². The Morgan fingerprint density at radius 2 is 1.82 bits per heavy atom. The molecule has 5 heteroatoms. The Morgan fingerprint density at radius 1 is 1.14 bits per heavy atom. The van der Waals surface area contributed by atoms with Crippen LogP contribution in [0.25, 0.3) is 0 Å². The second-order valence-electron chi connectivity index (χ2n) is 4.67. The Morgan fingerprint density at radius 3 is 2.41 bits per heavy atom. The maximum atomic E-state index is 13.5. The van der Waals surface area contributed by atoms with Crippen LogP contribution >= 0.6 is 0 Å². The van der Waals surface area contributed by atoms with Crippen molar-refractivity contribution in [3.63, 3.8) is 0 Å². The zero-order valence-electron chi connectivity index (χ0n) is 12.2. The van der Waals surface area contributed by atoms with Crippen LogP contribution in [0.15, 0.2) is 54.2 Å². The van der Waals surface area contributed by atoms with Gasteiger partial charge in [0.1, 0.15) is 17.4 Å². The van der Waals surface area contributed by atoms with Gasteiger partial charge < -0.3 is 10.1 Å².